The molecule has 0 fully saturated rings. The zero-order valence-corrected chi connectivity index (χ0v) is 16.3. The molecule has 3 N–H and O–H groups in total. The first kappa shape index (κ1) is 19.0. The van der Waals surface area contributed by atoms with Crippen molar-refractivity contribution in [2.75, 3.05) is 10.6 Å². The van der Waals surface area contributed by atoms with Crippen molar-refractivity contribution in [1.82, 2.24) is 5.32 Å². The Morgan fingerprint density at radius 1 is 0.852 bits per heavy atom. The first-order valence-corrected chi connectivity index (χ1v) is 9.51. The summed E-state index contributed by atoms with van der Waals surface area (Å²) in [5, 5.41) is 10.7. The molecule has 0 saturated carbocycles. The summed E-state index contributed by atoms with van der Waals surface area (Å²) in [5.41, 5.74) is 1.67. The number of thiophene rings is 1. The summed E-state index contributed by atoms with van der Waals surface area (Å²) in [5.74, 6) is -0.550. The van der Waals surface area contributed by atoms with E-state index in [0.717, 1.165) is 0 Å². The number of halogens is 1. The molecule has 1 aromatic heterocycles. The third kappa shape index (κ3) is 5.13. The zero-order chi connectivity index (χ0) is 19.2. The van der Waals surface area contributed by atoms with Crippen molar-refractivity contribution in [2.24, 2.45) is 0 Å². The fourth-order valence-corrected chi connectivity index (χ4v) is 3.27. The number of anilines is 2. The summed E-state index contributed by atoms with van der Waals surface area (Å²) >= 11 is 12.5. The summed E-state index contributed by atoms with van der Waals surface area (Å²) in [6.45, 7) is 0. The summed E-state index contributed by atoms with van der Waals surface area (Å²) in [6.07, 6.45) is 0. The predicted molar refractivity (Wildman–Crippen MR) is 114 cm³/mol. The normalized spacial score (nSPS) is 10.1. The largest absolute Gasteiger partial charge is 0.332 e. The van der Waals surface area contributed by atoms with Crippen molar-refractivity contribution in [3.63, 3.8) is 0 Å². The summed E-state index contributed by atoms with van der Waals surface area (Å²) in [7, 11) is 0. The topological polar surface area (TPSA) is 70.2 Å². The van der Waals surface area contributed by atoms with Gasteiger partial charge >= 0.3 is 0 Å². The Morgan fingerprint density at radius 3 is 2.15 bits per heavy atom. The number of hydrogen-bond donors (Lipinski definition) is 3. The van der Waals surface area contributed by atoms with Gasteiger partial charge in [0.1, 0.15) is 0 Å². The number of amides is 2. The van der Waals surface area contributed by atoms with Crippen molar-refractivity contribution < 1.29 is 9.59 Å². The van der Waals surface area contributed by atoms with E-state index in [0.29, 0.717) is 26.8 Å². The molecule has 8 heteroatoms. The second kappa shape index (κ2) is 8.77. The molecule has 136 valence electrons. The summed E-state index contributed by atoms with van der Waals surface area (Å²) in [6, 6.07) is 17.3. The van der Waals surface area contributed by atoms with Gasteiger partial charge in [0.05, 0.1) is 15.5 Å². The Hall–Kier alpha value is -2.74. The number of rotatable bonds is 4. The summed E-state index contributed by atoms with van der Waals surface area (Å²) < 4.78 is 0. The van der Waals surface area contributed by atoms with Crippen LogP contribution in [0.4, 0.5) is 11.4 Å². The quantitative estimate of drug-likeness (QED) is 0.536. The minimum atomic E-state index is -0.391. The van der Waals surface area contributed by atoms with Crippen molar-refractivity contribution in [2.45, 2.75) is 0 Å². The molecular weight excluding hydrogens is 402 g/mol. The molecule has 0 spiro atoms. The van der Waals surface area contributed by atoms with Crippen LogP contribution in [0.25, 0.3) is 0 Å². The van der Waals surface area contributed by atoms with E-state index in [1.165, 1.54) is 11.3 Å². The molecule has 0 aliphatic carbocycles. The lowest BCUT2D eigenvalue weighted by atomic mass is 10.2. The molecule has 0 radical (unpaired) electrons. The van der Waals surface area contributed by atoms with Crippen LogP contribution in [0, 0.1) is 0 Å². The van der Waals surface area contributed by atoms with Crippen LogP contribution in [0.1, 0.15) is 20.0 Å². The maximum atomic E-state index is 12.2. The zero-order valence-electron chi connectivity index (χ0n) is 13.9. The van der Waals surface area contributed by atoms with Crippen molar-refractivity contribution in [3.8, 4) is 0 Å². The van der Waals surface area contributed by atoms with E-state index in [9.17, 15) is 9.59 Å². The van der Waals surface area contributed by atoms with E-state index in [4.69, 9.17) is 23.8 Å². The van der Waals surface area contributed by atoms with Gasteiger partial charge in [0.25, 0.3) is 11.8 Å². The maximum Gasteiger partial charge on any atom is 0.265 e. The third-order valence-corrected chi connectivity index (χ3v) is 4.89. The van der Waals surface area contributed by atoms with Crippen LogP contribution in [0.3, 0.4) is 0 Å². The molecule has 0 atom stereocenters. The molecule has 2 amide bonds. The van der Waals surface area contributed by atoms with Gasteiger partial charge in [-0.15, -0.1) is 11.3 Å². The molecule has 27 heavy (non-hydrogen) atoms. The van der Waals surface area contributed by atoms with E-state index < -0.39 is 5.91 Å². The van der Waals surface area contributed by atoms with Gasteiger partial charge in [-0.05, 0) is 60.1 Å². The van der Waals surface area contributed by atoms with E-state index in [1.807, 2.05) is 11.4 Å². The lowest BCUT2D eigenvalue weighted by Crippen LogP contribution is -2.34. The molecule has 5 nitrogen and oxygen atoms in total. The number of hydrogen-bond acceptors (Lipinski definition) is 4. The van der Waals surface area contributed by atoms with Crippen LogP contribution in [-0.2, 0) is 0 Å². The average molecular weight is 416 g/mol. The van der Waals surface area contributed by atoms with E-state index in [2.05, 4.69) is 16.0 Å². The Morgan fingerprint density at radius 2 is 1.52 bits per heavy atom. The molecule has 0 unspecified atom stereocenters. The lowest BCUT2D eigenvalue weighted by molar-refractivity contribution is 0.0976. The predicted octanol–water partition coefficient (Wildman–Crippen LogP) is 4.78. The van der Waals surface area contributed by atoms with Gasteiger partial charge in [-0.2, -0.15) is 0 Å². The van der Waals surface area contributed by atoms with Crippen molar-refractivity contribution >= 4 is 63.5 Å². The number of carbonyl (C=O) groups is 2. The van der Waals surface area contributed by atoms with Gasteiger partial charge in [0, 0.05) is 11.4 Å². The smallest absolute Gasteiger partial charge is 0.265 e. The highest BCUT2D eigenvalue weighted by atomic mass is 35.5. The van der Waals surface area contributed by atoms with Crippen LogP contribution >= 0.6 is 35.2 Å². The fourth-order valence-electron chi connectivity index (χ4n) is 2.22. The average Bonchev–Trinajstić information content (AvgIpc) is 3.18. The molecule has 1 heterocycles. The molecular formula is C19H14ClN3O2S2. The number of benzene rings is 2. The number of carbonyl (C=O) groups excluding carboxylic acids is 2. The Bertz CT molecular complexity index is 973. The van der Waals surface area contributed by atoms with Crippen LogP contribution in [-0.4, -0.2) is 16.9 Å². The highest BCUT2D eigenvalue weighted by Crippen LogP contribution is 2.17. The molecule has 0 aliphatic rings. The highest BCUT2D eigenvalue weighted by molar-refractivity contribution is 7.80. The van der Waals surface area contributed by atoms with Gasteiger partial charge in [-0.25, -0.2) is 0 Å². The van der Waals surface area contributed by atoms with E-state index >= 15 is 0 Å². The summed E-state index contributed by atoms with van der Waals surface area (Å²) in [4.78, 5) is 24.9. The molecule has 2 aromatic carbocycles. The molecule has 3 rings (SSSR count). The molecule has 0 saturated heterocycles. The monoisotopic (exact) mass is 415 g/mol. The molecule has 3 aromatic rings. The van der Waals surface area contributed by atoms with Gasteiger partial charge in [0.15, 0.2) is 5.11 Å². The minimum absolute atomic E-state index is 0.148. The second-order valence-corrected chi connectivity index (χ2v) is 7.16. The number of thiocarbonyl (C=S) groups is 1. The fraction of sp³-hybridized carbons (Fsp3) is 0. The Labute approximate surface area is 170 Å². The molecule has 0 bridgehead atoms. The van der Waals surface area contributed by atoms with Gasteiger partial charge < -0.3 is 10.6 Å². The lowest BCUT2D eigenvalue weighted by Gasteiger charge is -2.11. The third-order valence-electron chi connectivity index (χ3n) is 3.49. The highest BCUT2D eigenvalue weighted by Gasteiger charge is 2.11. The first-order chi connectivity index (χ1) is 13.0. The van der Waals surface area contributed by atoms with Crippen LogP contribution in [0.15, 0.2) is 66.0 Å². The van der Waals surface area contributed by atoms with Crippen LogP contribution in [0.2, 0.25) is 5.02 Å². The van der Waals surface area contributed by atoms with Gasteiger partial charge in [-0.3, -0.25) is 14.9 Å². The van der Waals surface area contributed by atoms with Gasteiger partial charge in [-0.1, -0.05) is 29.8 Å². The van der Waals surface area contributed by atoms with Crippen LogP contribution in [0.5, 0.6) is 0 Å². The minimum Gasteiger partial charge on any atom is -0.332 e. The Balaban J connectivity index is 1.56. The maximum absolute atomic E-state index is 12.2. The van der Waals surface area contributed by atoms with Gasteiger partial charge in [0.2, 0.25) is 0 Å². The number of nitrogens with one attached hydrogen (secondary N) is 3. The van der Waals surface area contributed by atoms with Crippen molar-refractivity contribution in [1.29, 1.82) is 0 Å². The Kier molecular flexibility index (Phi) is 6.18. The molecule has 0 aliphatic heterocycles. The van der Waals surface area contributed by atoms with E-state index in [-0.39, 0.29) is 11.0 Å². The standard InChI is InChI=1S/C19H14ClN3O2S2/c20-15-5-2-1-4-14(15)17(24)23-19(26)22-13-9-7-12(8-10-13)21-18(25)16-6-3-11-27-16/h1-11H,(H,21,25)(H2,22,23,24,26). The van der Waals surface area contributed by atoms with E-state index in [1.54, 1.807) is 54.6 Å². The SMILES string of the molecule is O=C(Nc1ccc(NC(=S)NC(=O)c2ccccc2Cl)cc1)c1cccs1. The van der Waals surface area contributed by atoms with Crippen molar-refractivity contribution in [3.05, 3.63) is 81.5 Å². The van der Waals surface area contributed by atoms with Crippen LogP contribution < -0.4 is 16.0 Å². The first-order valence-electron chi connectivity index (χ1n) is 7.85. The second-order valence-electron chi connectivity index (χ2n) is 5.40.